The highest BCUT2D eigenvalue weighted by Gasteiger charge is 2.34. The zero-order valence-corrected chi connectivity index (χ0v) is 10.7. The van der Waals surface area contributed by atoms with Crippen molar-refractivity contribution in [1.29, 1.82) is 0 Å². The second-order valence-corrected chi connectivity index (χ2v) is 4.94. The number of aromatic nitrogens is 2. The molecule has 1 aliphatic rings. The minimum atomic E-state index is -0.966. The summed E-state index contributed by atoms with van der Waals surface area (Å²) in [6.07, 6.45) is 3.43. The van der Waals surface area contributed by atoms with E-state index >= 15 is 0 Å². The van der Waals surface area contributed by atoms with Gasteiger partial charge in [-0.1, -0.05) is 0 Å². The van der Waals surface area contributed by atoms with Gasteiger partial charge in [-0.25, -0.2) is 14.6 Å². The van der Waals surface area contributed by atoms with Gasteiger partial charge in [-0.05, 0) is 0 Å². The summed E-state index contributed by atoms with van der Waals surface area (Å²) in [4.78, 5) is 28.2. The Hall–Kier alpha value is -1.70. The van der Waals surface area contributed by atoms with Crippen LogP contribution in [0.15, 0.2) is 12.4 Å². The normalized spacial score (nSPS) is 18.9. The second kappa shape index (κ2) is 5.30. The summed E-state index contributed by atoms with van der Waals surface area (Å²) in [7, 11) is 1.83. The van der Waals surface area contributed by atoms with Gasteiger partial charge < -0.3 is 19.9 Å². The van der Waals surface area contributed by atoms with Gasteiger partial charge in [-0.15, -0.1) is 11.8 Å². The highest BCUT2D eigenvalue weighted by Crippen LogP contribution is 2.20. The number of urea groups is 1. The molecule has 0 aliphatic carbocycles. The van der Waals surface area contributed by atoms with Gasteiger partial charge >= 0.3 is 12.0 Å². The topological polar surface area (TPSA) is 87.5 Å². The fourth-order valence-corrected chi connectivity index (χ4v) is 2.82. The van der Waals surface area contributed by atoms with Crippen LogP contribution in [0.4, 0.5) is 4.79 Å². The lowest BCUT2D eigenvalue weighted by molar-refractivity contribution is -0.140. The quantitative estimate of drug-likeness (QED) is 0.812. The fourth-order valence-electron chi connectivity index (χ4n) is 1.67. The number of carboxylic acid groups (broad SMARTS) is 1. The first-order chi connectivity index (χ1) is 8.59. The molecule has 1 atom stereocenters. The first-order valence-electron chi connectivity index (χ1n) is 5.41. The monoisotopic (exact) mass is 270 g/mol. The number of carboxylic acids is 1. The number of imidazole rings is 1. The van der Waals surface area contributed by atoms with E-state index in [0.29, 0.717) is 11.6 Å². The molecule has 1 unspecified atom stereocenters. The van der Waals surface area contributed by atoms with Crippen LogP contribution in [0.2, 0.25) is 0 Å². The first kappa shape index (κ1) is 12.7. The Labute approximate surface area is 108 Å². The highest BCUT2D eigenvalue weighted by atomic mass is 32.2. The molecule has 0 saturated carbocycles. The molecule has 8 heteroatoms. The van der Waals surface area contributed by atoms with E-state index in [9.17, 15) is 9.59 Å². The molecular weight excluding hydrogens is 256 g/mol. The molecule has 1 saturated heterocycles. The van der Waals surface area contributed by atoms with Gasteiger partial charge in [0.15, 0.2) is 0 Å². The molecule has 2 rings (SSSR count). The van der Waals surface area contributed by atoms with Crippen molar-refractivity contribution in [1.82, 2.24) is 19.8 Å². The van der Waals surface area contributed by atoms with Gasteiger partial charge in [0.2, 0.25) is 0 Å². The third-order valence-corrected chi connectivity index (χ3v) is 3.76. The molecule has 18 heavy (non-hydrogen) atoms. The maximum absolute atomic E-state index is 11.9. The SMILES string of the molecule is Cn1ccnc1CNC(=O)N1CSCC1C(=O)O. The number of nitrogens with zero attached hydrogens (tertiary/aromatic N) is 3. The Morgan fingerprint density at radius 3 is 3.06 bits per heavy atom. The van der Waals surface area contributed by atoms with E-state index in [0.717, 1.165) is 5.82 Å². The highest BCUT2D eigenvalue weighted by molar-refractivity contribution is 7.99. The lowest BCUT2D eigenvalue weighted by atomic mass is 10.3. The second-order valence-electron chi connectivity index (χ2n) is 3.94. The number of aryl methyl sites for hydroxylation is 1. The molecule has 98 valence electrons. The number of rotatable bonds is 3. The number of hydrogen-bond donors (Lipinski definition) is 2. The molecule has 1 aromatic rings. The van der Waals surface area contributed by atoms with Crippen molar-refractivity contribution in [2.75, 3.05) is 11.6 Å². The predicted octanol–water partition coefficient (Wildman–Crippen LogP) is 0.0892. The van der Waals surface area contributed by atoms with Crippen molar-refractivity contribution in [3.63, 3.8) is 0 Å². The maximum Gasteiger partial charge on any atom is 0.327 e. The minimum Gasteiger partial charge on any atom is -0.480 e. The summed E-state index contributed by atoms with van der Waals surface area (Å²) in [6.45, 7) is 0.288. The van der Waals surface area contributed by atoms with Gasteiger partial charge in [-0.3, -0.25) is 0 Å². The smallest absolute Gasteiger partial charge is 0.327 e. The third-order valence-electron chi connectivity index (χ3n) is 2.75. The molecule has 0 aromatic carbocycles. The molecule has 1 aromatic heterocycles. The van der Waals surface area contributed by atoms with E-state index < -0.39 is 12.0 Å². The molecule has 2 heterocycles. The Morgan fingerprint density at radius 2 is 2.44 bits per heavy atom. The van der Waals surface area contributed by atoms with Crippen LogP contribution in [-0.4, -0.2) is 49.2 Å². The van der Waals surface area contributed by atoms with Gasteiger partial charge in [0.05, 0.1) is 12.4 Å². The summed E-state index contributed by atoms with van der Waals surface area (Å²) in [6, 6.07) is -1.10. The molecule has 7 nitrogen and oxygen atoms in total. The Kier molecular flexibility index (Phi) is 3.75. The van der Waals surface area contributed by atoms with E-state index in [1.54, 1.807) is 17.0 Å². The summed E-state index contributed by atoms with van der Waals surface area (Å²) in [5.74, 6) is 0.600. The number of carbonyl (C=O) groups is 2. The van der Waals surface area contributed by atoms with E-state index in [1.807, 2.05) is 7.05 Å². The lowest BCUT2D eigenvalue weighted by Crippen LogP contribution is -2.46. The predicted molar refractivity (Wildman–Crippen MR) is 66.0 cm³/mol. The van der Waals surface area contributed by atoms with Crippen molar-refractivity contribution >= 4 is 23.8 Å². The third kappa shape index (κ3) is 2.58. The van der Waals surface area contributed by atoms with E-state index in [2.05, 4.69) is 10.3 Å². The van der Waals surface area contributed by atoms with Crippen molar-refractivity contribution in [3.8, 4) is 0 Å². The number of thioether (sulfide) groups is 1. The number of aliphatic carboxylic acids is 1. The van der Waals surface area contributed by atoms with Crippen LogP contribution in [0, 0.1) is 0 Å². The van der Waals surface area contributed by atoms with Crippen molar-refractivity contribution in [2.24, 2.45) is 7.05 Å². The Morgan fingerprint density at radius 1 is 1.67 bits per heavy atom. The van der Waals surface area contributed by atoms with Crippen LogP contribution in [0.1, 0.15) is 5.82 Å². The summed E-state index contributed by atoms with van der Waals surface area (Å²) in [5.41, 5.74) is 0. The van der Waals surface area contributed by atoms with E-state index in [1.165, 1.54) is 16.7 Å². The zero-order valence-electron chi connectivity index (χ0n) is 9.87. The maximum atomic E-state index is 11.9. The van der Waals surface area contributed by atoms with Crippen LogP contribution in [-0.2, 0) is 18.4 Å². The van der Waals surface area contributed by atoms with E-state index in [4.69, 9.17) is 5.11 Å². The number of carbonyl (C=O) groups excluding carboxylic acids is 1. The molecule has 2 N–H and O–H groups in total. The van der Waals surface area contributed by atoms with Crippen LogP contribution in [0.3, 0.4) is 0 Å². The van der Waals surface area contributed by atoms with Gasteiger partial charge in [0, 0.05) is 25.2 Å². The lowest BCUT2D eigenvalue weighted by Gasteiger charge is -2.20. The Balaban J connectivity index is 1.92. The molecular formula is C10H14N4O3S. The molecule has 0 spiro atoms. The summed E-state index contributed by atoms with van der Waals surface area (Å²) >= 11 is 1.44. The van der Waals surface area contributed by atoms with Crippen molar-refractivity contribution in [3.05, 3.63) is 18.2 Å². The zero-order chi connectivity index (χ0) is 13.1. The average Bonchev–Trinajstić information content (AvgIpc) is 2.94. The number of hydrogen-bond acceptors (Lipinski definition) is 4. The Bertz CT molecular complexity index is 462. The van der Waals surface area contributed by atoms with Crippen LogP contribution in [0.25, 0.3) is 0 Å². The van der Waals surface area contributed by atoms with E-state index in [-0.39, 0.29) is 12.6 Å². The number of amides is 2. The molecule has 1 aliphatic heterocycles. The average molecular weight is 270 g/mol. The van der Waals surface area contributed by atoms with Gasteiger partial charge in [0.25, 0.3) is 0 Å². The standard InChI is InChI=1S/C10H14N4O3S/c1-13-3-2-11-8(13)4-12-10(17)14-6-18-5-7(14)9(15)16/h2-3,7H,4-6H2,1H3,(H,12,17)(H,15,16). The minimum absolute atomic E-state index is 0.288. The molecule has 1 fully saturated rings. The van der Waals surface area contributed by atoms with Crippen LogP contribution in [0.5, 0.6) is 0 Å². The summed E-state index contributed by atoms with van der Waals surface area (Å²) in [5, 5.41) is 11.7. The van der Waals surface area contributed by atoms with Crippen molar-refractivity contribution < 1.29 is 14.7 Å². The fraction of sp³-hybridized carbons (Fsp3) is 0.500. The van der Waals surface area contributed by atoms with Gasteiger partial charge in [0.1, 0.15) is 11.9 Å². The first-order valence-corrected chi connectivity index (χ1v) is 6.56. The van der Waals surface area contributed by atoms with Crippen molar-refractivity contribution in [2.45, 2.75) is 12.6 Å². The summed E-state index contributed by atoms with van der Waals surface area (Å²) < 4.78 is 1.80. The molecule has 2 amide bonds. The molecule has 0 bridgehead atoms. The van der Waals surface area contributed by atoms with Gasteiger partial charge in [-0.2, -0.15) is 0 Å². The van der Waals surface area contributed by atoms with Crippen LogP contribution < -0.4 is 5.32 Å². The van der Waals surface area contributed by atoms with Crippen LogP contribution >= 0.6 is 11.8 Å². The molecule has 0 radical (unpaired) electrons. The number of nitrogens with one attached hydrogen (secondary N) is 1. The largest absolute Gasteiger partial charge is 0.480 e.